The molecular weight excluding hydrogens is 342 g/mol. The number of ether oxygens (including phenoxy) is 1. The first-order valence-electron chi connectivity index (χ1n) is 8.23. The van der Waals surface area contributed by atoms with Gasteiger partial charge in [-0.05, 0) is 25.0 Å². The Kier molecular flexibility index (Phi) is 3.79. The van der Waals surface area contributed by atoms with E-state index in [9.17, 15) is 13.2 Å². The van der Waals surface area contributed by atoms with Gasteiger partial charge in [0.25, 0.3) is 5.91 Å². The molecule has 0 aliphatic carbocycles. The van der Waals surface area contributed by atoms with E-state index in [0.717, 1.165) is 17.0 Å². The van der Waals surface area contributed by atoms with Crippen molar-refractivity contribution in [1.82, 2.24) is 9.78 Å². The first-order chi connectivity index (χ1) is 11.9. The van der Waals surface area contributed by atoms with Gasteiger partial charge in [-0.1, -0.05) is 18.2 Å². The zero-order valence-electron chi connectivity index (χ0n) is 13.8. The molecule has 0 spiro atoms. The predicted octanol–water partition coefficient (Wildman–Crippen LogP) is 1.49. The van der Waals surface area contributed by atoms with Gasteiger partial charge in [-0.25, -0.2) is 13.1 Å². The average Bonchev–Trinajstić information content (AvgIpc) is 3.23. The lowest BCUT2D eigenvalue weighted by Gasteiger charge is -2.15. The molecule has 2 unspecified atom stereocenters. The summed E-state index contributed by atoms with van der Waals surface area (Å²) in [5.74, 6) is 1.21. The Labute approximate surface area is 145 Å². The number of aryl methyl sites for hydroxylation is 1. The summed E-state index contributed by atoms with van der Waals surface area (Å²) in [6.07, 6.45) is 0.443. The fourth-order valence-corrected chi connectivity index (χ4v) is 5.08. The predicted molar refractivity (Wildman–Crippen MR) is 92.5 cm³/mol. The van der Waals surface area contributed by atoms with E-state index in [1.54, 1.807) is 10.7 Å². The number of anilines is 1. The summed E-state index contributed by atoms with van der Waals surface area (Å²) in [5.41, 5.74) is 1.74. The average molecular weight is 361 g/mol. The Morgan fingerprint density at radius 2 is 2.16 bits per heavy atom. The molecule has 25 heavy (non-hydrogen) atoms. The van der Waals surface area contributed by atoms with Crippen molar-refractivity contribution in [3.8, 4) is 5.75 Å². The topological polar surface area (TPSA) is 90.3 Å². The third-order valence-electron chi connectivity index (χ3n) is 4.60. The number of sulfone groups is 1. The number of amides is 1. The maximum atomic E-state index is 12.6. The van der Waals surface area contributed by atoms with E-state index in [2.05, 4.69) is 10.4 Å². The zero-order valence-corrected chi connectivity index (χ0v) is 14.6. The van der Waals surface area contributed by atoms with Crippen molar-refractivity contribution in [2.24, 2.45) is 0 Å². The molecule has 4 rings (SSSR count). The standard InChI is InChI=1S/C17H19N3O4S/c1-11-8-16(20(19-11)13-6-7-25(22,23)10-13)18-17(21)15-9-12-4-2-3-5-14(12)24-15/h2-5,8,13,15H,6-7,9-10H2,1H3,(H,18,21). The van der Waals surface area contributed by atoms with Gasteiger partial charge >= 0.3 is 0 Å². The van der Waals surface area contributed by atoms with Crippen molar-refractivity contribution in [3.05, 3.63) is 41.6 Å². The number of hydrogen-bond donors (Lipinski definition) is 1. The highest BCUT2D eigenvalue weighted by atomic mass is 32.2. The third-order valence-corrected chi connectivity index (χ3v) is 6.35. The van der Waals surface area contributed by atoms with Gasteiger partial charge in [0.2, 0.25) is 0 Å². The first-order valence-corrected chi connectivity index (χ1v) is 10.1. The van der Waals surface area contributed by atoms with Gasteiger partial charge in [0.1, 0.15) is 11.6 Å². The quantitative estimate of drug-likeness (QED) is 0.895. The number of nitrogens with zero attached hydrogens (tertiary/aromatic N) is 2. The van der Waals surface area contributed by atoms with E-state index in [1.165, 1.54) is 0 Å². The van der Waals surface area contributed by atoms with Gasteiger partial charge in [0, 0.05) is 12.5 Å². The molecule has 132 valence electrons. The molecule has 1 aromatic heterocycles. The van der Waals surface area contributed by atoms with Crippen LogP contribution in [0.2, 0.25) is 0 Å². The SMILES string of the molecule is Cc1cc(NC(=O)C2Cc3ccccc3O2)n(C2CCS(=O)(=O)C2)n1. The Morgan fingerprint density at radius 3 is 2.88 bits per heavy atom. The Hall–Kier alpha value is -2.35. The monoisotopic (exact) mass is 361 g/mol. The van der Waals surface area contributed by atoms with Crippen molar-refractivity contribution in [2.45, 2.75) is 31.9 Å². The molecule has 2 aromatic rings. The van der Waals surface area contributed by atoms with Crippen LogP contribution in [0.25, 0.3) is 0 Å². The highest BCUT2D eigenvalue weighted by Gasteiger charge is 2.33. The minimum Gasteiger partial charge on any atom is -0.480 e. The van der Waals surface area contributed by atoms with Gasteiger partial charge < -0.3 is 10.1 Å². The van der Waals surface area contributed by atoms with Gasteiger partial charge in [-0.3, -0.25) is 4.79 Å². The van der Waals surface area contributed by atoms with Crippen LogP contribution in [-0.2, 0) is 21.1 Å². The second-order valence-electron chi connectivity index (χ2n) is 6.58. The van der Waals surface area contributed by atoms with E-state index < -0.39 is 15.9 Å². The van der Waals surface area contributed by atoms with Crippen LogP contribution in [0, 0.1) is 6.92 Å². The highest BCUT2D eigenvalue weighted by molar-refractivity contribution is 7.91. The minimum absolute atomic E-state index is 0.0579. The molecule has 0 bridgehead atoms. The van der Waals surface area contributed by atoms with Gasteiger partial charge in [-0.15, -0.1) is 0 Å². The van der Waals surface area contributed by atoms with Crippen molar-refractivity contribution in [3.63, 3.8) is 0 Å². The van der Waals surface area contributed by atoms with Crippen molar-refractivity contribution in [1.29, 1.82) is 0 Å². The van der Waals surface area contributed by atoms with E-state index >= 15 is 0 Å². The lowest BCUT2D eigenvalue weighted by atomic mass is 10.1. The number of nitrogens with one attached hydrogen (secondary N) is 1. The first kappa shape index (κ1) is 16.1. The number of aromatic nitrogens is 2. The molecule has 2 aliphatic rings. The number of carbonyl (C=O) groups is 1. The second kappa shape index (κ2) is 5.87. The summed E-state index contributed by atoms with van der Waals surface area (Å²) in [7, 11) is -3.03. The second-order valence-corrected chi connectivity index (χ2v) is 8.81. The molecule has 7 nitrogen and oxygen atoms in total. The summed E-state index contributed by atoms with van der Waals surface area (Å²) in [6.45, 7) is 1.82. The summed E-state index contributed by atoms with van der Waals surface area (Å²) >= 11 is 0. The van der Waals surface area contributed by atoms with Crippen LogP contribution in [0.1, 0.15) is 23.7 Å². The van der Waals surface area contributed by atoms with Crippen LogP contribution in [0.4, 0.5) is 5.82 Å². The Bertz CT molecular complexity index is 910. The molecular formula is C17H19N3O4S. The fraction of sp³-hybridized carbons (Fsp3) is 0.412. The van der Waals surface area contributed by atoms with Crippen LogP contribution in [0.15, 0.2) is 30.3 Å². The zero-order chi connectivity index (χ0) is 17.6. The molecule has 3 heterocycles. The number of benzene rings is 1. The van der Waals surface area contributed by atoms with Crippen LogP contribution in [-0.4, -0.2) is 41.7 Å². The molecule has 0 saturated carbocycles. The summed E-state index contributed by atoms with van der Waals surface area (Å²) in [5, 5.41) is 7.23. The van der Waals surface area contributed by atoms with Gasteiger partial charge in [0.05, 0.1) is 23.2 Å². The molecule has 8 heteroatoms. The smallest absolute Gasteiger partial charge is 0.266 e. The van der Waals surface area contributed by atoms with E-state index in [0.29, 0.717) is 18.7 Å². The van der Waals surface area contributed by atoms with Gasteiger partial charge in [0.15, 0.2) is 15.9 Å². The Morgan fingerprint density at radius 1 is 1.36 bits per heavy atom. The lowest BCUT2D eigenvalue weighted by molar-refractivity contribution is -0.122. The minimum atomic E-state index is -3.03. The molecule has 1 amide bonds. The molecule has 1 saturated heterocycles. The van der Waals surface area contributed by atoms with Crippen molar-refractivity contribution in [2.75, 3.05) is 16.8 Å². The highest BCUT2D eigenvalue weighted by Crippen LogP contribution is 2.30. The van der Waals surface area contributed by atoms with Crippen LogP contribution >= 0.6 is 0 Å². The number of fused-ring (bicyclic) bond motifs is 1. The molecule has 2 atom stereocenters. The maximum Gasteiger partial charge on any atom is 0.266 e. The number of hydrogen-bond acceptors (Lipinski definition) is 5. The summed E-state index contributed by atoms with van der Waals surface area (Å²) in [6, 6.07) is 9.10. The number of rotatable bonds is 3. The Balaban J connectivity index is 1.51. The van der Waals surface area contributed by atoms with E-state index in [4.69, 9.17) is 4.74 Å². The summed E-state index contributed by atoms with van der Waals surface area (Å²) < 4.78 is 30.8. The fourth-order valence-electron chi connectivity index (χ4n) is 3.39. The molecule has 2 aliphatic heterocycles. The third kappa shape index (κ3) is 3.13. The van der Waals surface area contributed by atoms with Crippen LogP contribution in [0.5, 0.6) is 5.75 Å². The molecule has 1 N–H and O–H groups in total. The van der Waals surface area contributed by atoms with Crippen LogP contribution < -0.4 is 10.1 Å². The summed E-state index contributed by atoms with van der Waals surface area (Å²) in [4.78, 5) is 12.6. The van der Waals surface area contributed by atoms with Crippen LogP contribution in [0.3, 0.4) is 0 Å². The number of para-hydroxylation sites is 1. The lowest BCUT2D eigenvalue weighted by Crippen LogP contribution is -2.32. The van der Waals surface area contributed by atoms with E-state index in [1.807, 2.05) is 31.2 Å². The molecule has 0 radical (unpaired) electrons. The maximum absolute atomic E-state index is 12.6. The molecule has 1 aromatic carbocycles. The largest absolute Gasteiger partial charge is 0.480 e. The van der Waals surface area contributed by atoms with Crippen molar-refractivity contribution >= 4 is 21.6 Å². The van der Waals surface area contributed by atoms with Crippen molar-refractivity contribution < 1.29 is 17.9 Å². The number of carbonyl (C=O) groups excluding carboxylic acids is 1. The van der Waals surface area contributed by atoms with E-state index in [-0.39, 0.29) is 23.5 Å². The normalized spacial score (nSPS) is 23.9. The molecule has 1 fully saturated rings. The van der Waals surface area contributed by atoms with Gasteiger partial charge in [-0.2, -0.15) is 5.10 Å².